The lowest BCUT2D eigenvalue weighted by atomic mass is 10.1. The van der Waals surface area contributed by atoms with Crippen LogP contribution in [0.25, 0.3) is 5.69 Å². The van der Waals surface area contributed by atoms with Gasteiger partial charge in [0.1, 0.15) is 0 Å². The monoisotopic (exact) mass is 333 g/mol. The Bertz CT molecular complexity index is 781. The first-order chi connectivity index (χ1) is 12.3. The molecule has 128 valence electrons. The van der Waals surface area contributed by atoms with E-state index in [4.69, 9.17) is 0 Å². The van der Waals surface area contributed by atoms with Crippen LogP contribution in [0.5, 0.6) is 0 Å². The first-order valence-corrected chi connectivity index (χ1v) is 8.71. The highest BCUT2D eigenvalue weighted by atomic mass is 16.1. The van der Waals surface area contributed by atoms with Crippen molar-refractivity contribution in [2.45, 2.75) is 25.7 Å². The lowest BCUT2D eigenvalue weighted by molar-refractivity contribution is -0.120. The number of unbranched alkanes of at least 4 members (excludes halogenated alkanes) is 1. The van der Waals surface area contributed by atoms with Gasteiger partial charge in [0.2, 0.25) is 5.91 Å². The number of para-hydroxylation sites is 1. The summed E-state index contributed by atoms with van der Waals surface area (Å²) in [5.74, 6) is 0.0484. The molecule has 4 nitrogen and oxygen atoms in total. The van der Waals surface area contributed by atoms with Crippen LogP contribution in [-0.4, -0.2) is 22.2 Å². The van der Waals surface area contributed by atoms with E-state index in [2.05, 4.69) is 34.7 Å². The number of rotatable bonds is 8. The molecule has 0 radical (unpaired) electrons. The molecule has 3 aromatic rings. The van der Waals surface area contributed by atoms with Crippen LogP contribution in [0.4, 0.5) is 0 Å². The summed E-state index contributed by atoms with van der Waals surface area (Å²) in [5, 5.41) is 7.31. The van der Waals surface area contributed by atoms with Crippen LogP contribution in [0.1, 0.15) is 24.0 Å². The number of aromatic nitrogens is 2. The number of benzene rings is 2. The third-order valence-corrected chi connectivity index (χ3v) is 4.08. The van der Waals surface area contributed by atoms with Crippen LogP contribution in [0, 0.1) is 0 Å². The van der Waals surface area contributed by atoms with E-state index >= 15 is 0 Å². The minimum absolute atomic E-state index is 0.0484. The molecule has 0 saturated heterocycles. The number of amides is 1. The Labute approximate surface area is 148 Å². The molecular formula is C21H23N3O. The Kier molecular flexibility index (Phi) is 5.99. The number of nitrogens with one attached hydrogen (secondary N) is 1. The van der Waals surface area contributed by atoms with Gasteiger partial charge in [0.15, 0.2) is 0 Å². The zero-order chi connectivity index (χ0) is 17.3. The molecule has 3 rings (SSSR count). The standard InChI is InChI=1S/C21H23N3O/c25-21(22-14-8-7-11-18-9-3-1-4-10-18)15-19-16-23-24(17-19)20-12-5-2-6-13-20/h1-6,9-10,12-13,16-17H,7-8,11,14-15H2,(H,22,25). The van der Waals surface area contributed by atoms with Crippen LogP contribution >= 0.6 is 0 Å². The topological polar surface area (TPSA) is 46.9 Å². The van der Waals surface area contributed by atoms with Gasteiger partial charge in [-0.25, -0.2) is 4.68 Å². The van der Waals surface area contributed by atoms with Gasteiger partial charge < -0.3 is 5.32 Å². The molecule has 4 heteroatoms. The van der Waals surface area contributed by atoms with Gasteiger partial charge in [-0.2, -0.15) is 5.10 Å². The Morgan fingerprint density at radius 1 is 0.920 bits per heavy atom. The predicted molar refractivity (Wildman–Crippen MR) is 99.7 cm³/mol. The molecule has 25 heavy (non-hydrogen) atoms. The number of hydrogen-bond acceptors (Lipinski definition) is 2. The van der Waals surface area contributed by atoms with Gasteiger partial charge in [-0.3, -0.25) is 4.79 Å². The van der Waals surface area contributed by atoms with Crippen molar-refractivity contribution in [2.24, 2.45) is 0 Å². The molecule has 0 aliphatic heterocycles. The number of carbonyl (C=O) groups is 1. The second kappa shape index (κ2) is 8.83. The number of nitrogens with zero attached hydrogens (tertiary/aromatic N) is 2. The minimum atomic E-state index is 0.0484. The summed E-state index contributed by atoms with van der Waals surface area (Å²) in [7, 11) is 0. The maximum Gasteiger partial charge on any atom is 0.224 e. The highest BCUT2D eigenvalue weighted by Gasteiger charge is 2.06. The van der Waals surface area contributed by atoms with Crippen LogP contribution < -0.4 is 5.32 Å². The number of aryl methyl sites for hydroxylation is 1. The lowest BCUT2D eigenvalue weighted by Crippen LogP contribution is -2.26. The van der Waals surface area contributed by atoms with Crippen molar-refractivity contribution >= 4 is 5.91 Å². The van der Waals surface area contributed by atoms with Crippen molar-refractivity contribution in [1.82, 2.24) is 15.1 Å². The Hall–Kier alpha value is -2.88. The molecule has 1 heterocycles. The van der Waals surface area contributed by atoms with Crippen LogP contribution in [0.2, 0.25) is 0 Å². The van der Waals surface area contributed by atoms with Gasteiger partial charge in [-0.05, 0) is 42.5 Å². The Morgan fingerprint density at radius 2 is 1.64 bits per heavy atom. The van der Waals surface area contributed by atoms with E-state index in [1.165, 1.54) is 5.56 Å². The summed E-state index contributed by atoms with van der Waals surface area (Å²) >= 11 is 0. The Morgan fingerprint density at radius 3 is 2.40 bits per heavy atom. The number of carbonyl (C=O) groups excluding carboxylic acids is 1. The zero-order valence-electron chi connectivity index (χ0n) is 14.3. The third-order valence-electron chi connectivity index (χ3n) is 4.08. The van der Waals surface area contributed by atoms with Crippen LogP contribution in [0.15, 0.2) is 73.1 Å². The molecule has 1 amide bonds. The molecule has 0 aliphatic rings. The molecule has 0 saturated carbocycles. The second-order valence-electron chi connectivity index (χ2n) is 6.10. The summed E-state index contributed by atoms with van der Waals surface area (Å²) < 4.78 is 1.79. The Balaban J connectivity index is 1.37. The van der Waals surface area contributed by atoms with E-state index < -0.39 is 0 Å². The maximum atomic E-state index is 12.0. The van der Waals surface area contributed by atoms with Gasteiger partial charge in [0, 0.05) is 12.7 Å². The molecular weight excluding hydrogens is 310 g/mol. The molecule has 0 fully saturated rings. The van der Waals surface area contributed by atoms with E-state index in [1.807, 2.05) is 42.6 Å². The van der Waals surface area contributed by atoms with E-state index in [-0.39, 0.29) is 5.91 Å². The largest absolute Gasteiger partial charge is 0.356 e. The van der Waals surface area contributed by atoms with Crippen molar-refractivity contribution in [2.75, 3.05) is 6.54 Å². The van der Waals surface area contributed by atoms with E-state index in [0.29, 0.717) is 6.42 Å². The normalized spacial score (nSPS) is 10.6. The molecule has 2 aromatic carbocycles. The van der Waals surface area contributed by atoms with Crippen LogP contribution in [-0.2, 0) is 17.6 Å². The summed E-state index contributed by atoms with van der Waals surface area (Å²) in [6.07, 6.45) is 7.15. The first kappa shape index (κ1) is 17.0. The van der Waals surface area contributed by atoms with E-state index in [0.717, 1.165) is 37.1 Å². The molecule has 1 N–H and O–H groups in total. The summed E-state index contributed by atoms with van der Waals surface area (Å²) in [4.78, 5) is 12.0. The molecule has 1 aromatic heterocycles. The summed E-state index contributed by atoms with van der Waals surface area (Å²) in [6, 6.07) is 20.3. The molecule has 0 atom stereocenters. The van der Waals surface area contributed by atoms with Gasteiger partial charge >= 0.3 is 0 Å². The smallest absolute Gasteiger partial charge is 0.224 e. The van der Waals surface area contributed by atoms with Crippen molar-refractivity contribution in [1.29, 1.82) is 0 Å². The number of hydrogen-bond donors (Lipinski definition) is 1. The van der Waals surface area contributed by atoms with Gasteiger partial charge in [-0.1, -0.05) is 48.5 Å². The first-order valence-electron chi connectivity index (χ1n) is 8.71. The fourth-order valence-corrected chi connectivity index (χ4v) is 2.75. The average Bonchev–Trinajstić information content (AvgIpc) is 3.11. The molecule has 0 spiro atoms. The van der Waals surface area contributed by atoms with Gasteiger partial charge in [0.05, 0.1) is 18.3 Å². The SMILES string of the molecule is O=C(Cc1cnn(-c2ccccc2)c1)NCCCCc1ccccc1. The fraction of sp³-hybridized carbons (Fsp3) is 0.238. The van der Waals surface area contributed by atoms with Crippen molar-refractivity contribution in [3.63, 3.8) is 0 Å². The maximum absolute atomic E-state index is 12.0. The molecule has 0 bridgehead atoms. The van der Waals surface area contributed by atoms with Crippen LogP contribution in [0.3, 0.4) is 0 Å². The molecule has 0 aliphatic carbocycles. The quantitative estimate of drug-likeness (QED) is 0.641. The van der Waals surface area contributed by atoms with Crippen molar-refractivity contribution < 1.29 is 4.79 Å². The third kappa shape index (κ3) is 5.31. The van der Waals surface area contributed by atoms with E-state index in [9.17, 15) is 4.79 Å². The highest BCUT2D eigenvalue weighted by Crippen LogP contribution is 2.08. The summed E-state index contributed by atoms with van der Waals surface area (Å²) in [5.41, 5.74) is 3.27. The zero-order valence-corrected chi connectivity index (χ0v) is 14.3. The average molecular weight is 333 g/mol. The minimum Gasteiger partial charge on any atom is -0.356 e. The van der Waals surface area contributed by atoms with Crippen molar-refractivity contribution in [3.8, 4) is 5.69 Å². The fourth-order valence-electron chi connectivity index (χ4n) is 2.75. The highest BCUT2D eigenvalue weighted by molar-refractivity contribution is 5.78. The van der Waals surface area contributed by atoms with Crippen molar-refractivity contribution in [3.05, 3.63) is 84.2 Å². The second-order valence-corrected chi connectivity index (χ2v) is 6.10. The van der Waals surface area contributed by atoms with E-state index in [1.54, 1.807) is 10.9 Å². The predicted octanol–water partition coefficient (Wildman–Crippen LogP) is 3.55. The summed E-state index contributed by atoms with van der Waals surface area (Å²) in [6.45, 7) is 0.721. The van der Waals surface area contributed by atoms with Gasteiger partial charge in [-0.15, -0.1) is 0 Å². The van der Waals surface area contributed by atoms with Gasteiger partial charge in [0.25, 0.3) is 0 Å². The molecule has 0 unspecified atom stereocenters. The lowest BCUT2D eigenvalue weighted by Gasteiger charge is -2.04.